The molecule has 6 nitrogen and oxygen atoms in total. The number of aryl methyl sites for hydroxylation is 1. The Morgan fingerprint density at radius 1 is 1.12 bits per heavy atom. The topological polar surface area (TPSA) is 75.7 Å². The first-order valence-corrected chi connectivity index (χ1v) is 13.6. The van der Waals surface area contributed by atoms with E-state index in [1.807, 2.05) is 24.3 Å². The minimum Gasteiger partial charge on any atom is -0.492 e. The highest BCUT2D eigenvalue weighted by Gasteiger charge is 2.32. The van der Waals surface area contributed by atoms with Crippen molar-refractivity contribution in [2.75, 3.05) is 26.2 Å². The molecule has 0 saturated carbocycles. The summed E-state index contributed by atoms with van der Waals surface area (Å²) in [5.41, 5.74) is 1.84. The van der Waals surface area contributed by atoms with E-state index in [2.05, 4.69) is 12.2 Å². The van der Waals surface area contributed by atoms with Crippen LogP contribution in [0.15, 0.2) is 42.5 Å². The minimum atomic E-state index is -3.57. The number of ether oxygens (including phenoxy) is 1. The Bertz CT molecular complexity index is 1040. The van der Waals surface area contributed by atoms with Crippen LogP contribution in [-0.4, -0.2) is 44.9 Å². The van der Waals surface area contributed by atoms with Crippen molar-refractivity contribution in [1.82, 2.24) is 9.62 Å². The lowest BCUT2D eigenvalue weighted by Gasteiger charge is -2.31. The van der Waals surface area contributed by atoms with Crippen molar-refractivity contribution < 1.29 is 17.9 Å². The van der Waals surface area contributed by atoms with Gasteiger partial charge in [-0.05, 0) is 54.7 Å². The van der Waals surface area contributed by atoms with Crippen LogP contribution in [0.4, 0.5) is 0 Å². The van der Waals surface area contributed by atoms with E-state index in [9.17, 15) is 13.2 Å². The first-order chi connectivity index (χ1) is 15.8. The number of carbonyl (C=O) groups excluding carboxylic acids is 1. The number of rotatable bonds is 10. The molecule has 1 heterocycles. The number of nitrogens with one attached hydrogen (secondary N) is 1. The molecular weight excluding hydrogens is 483 g/mol. The van der Waals surface area contributed by atoms with Gasteiger partial charge >= 0.3 is 0 Å². The van der Waals surface area contributed by atoms with Crippen molar-refractivity contribution in [1.29, 1.82) is 0 Å². The summed E-state index contributed by atoms with van der Waals surface area (Å²) in [6.07, 6.45) is 3.43. The van der Waals surface area contributed by atoms with Gasteiger partial charge in [0.2, 0.25) is 15.9 Å². The van der Waals surface area contributed by atoms with E-state index < -0.39 is 10.0 Å². The average molecular weight is 513 g/mol. The molecule has 0 aromatic heterocycles. The van der Waals surface area contributed by atoms with Gasteiger partial charge in [0.1, 0.15) is 12.4 Å². The minimum absolute atomic E-state index is 0.147. The number of nitrogens with zero attached hydrogens (tertiary/aromatic N) is 1. The number of piperidine rings is 1. The standard InChI is InChI=1S/C24H30Cl2N2O4S/c1-2-4-18-6-9-21(10-7-18)32-14-12-27-24(29)20-5-3-13-28(16-20)33(30,31)17-19-8-11-22(25)23(26)15-19/h6-11,15,20H,2-5,12-14,16-17H2,1H3,(H,27,29)/t20-/m0/s1. The SMILES string of the molecule is CCCc1ccc(OCCNC(=O)[C@H]2CCCN(S(=O)(=O)Cc3ccc(Cl)c(Cl)c3)C2)cc1. The van der Waals surface area contributed by atoms with E-state index in [0.717, 1.165) is 18.6 Å². The first-order valence-electron chi connectivity index (χ1n) is 11.2. The summed E-state index contributed by atoms with van der Waals surface area (Å²) in [4.78, 5) is 12.6. The van der Waals surface area contributed by atoms with Crippen molar-refractivity contribution in [2.24, 2.45) is 5.92 Å². The molecule has 1 aliphatic rings. The van der Waals surface area contributed by atoms with Crippen molar-refractivity contribution >= 4 is 39.1 Å². The van der Waals surface area contributed by atoms with Gasteiger partial charge in [-0.15, -0.1) is 0 Å². The van der Waals surface area contributed by atoms with Gasteiger partial charge in [0, 0.05) is 13.1 Å². The zero-order valence-corrected chi connectivity index (χ0v) is 21.1. The molecular formula is C24H30Cl2N2O4S. The van der Waals surface area contributed by atoms with Gasteiger partial charge in [0.25, 0.3) is 0 Å². The summed E-state index contributed by atoms with van der Waals surface area (Å²) in [5.74, 6) is 0.0617. The number of hydrogen-bond acceptors (Lipinski definition) is 4. The smallest absolute Gasteiger partial charge is 0.224 e. The van der Waals surface area contributed by atoms with Crippen LogP contribution in [-0.2, 0) is 27.0 Å². The van der Waals surface area contributed by atoms with E-state index in [1.165, 1.54) is 9.87 Å². The molecule has 0 aliphatic carbocycles. The van der Waals surface area contributed by atoms with Gasteiger partial charge in [0.15, 0.2) is 0 Å². The second-order valence-corrected chi connectivity index (χ2v) is 11.0. The molecule has 2 aromatic rings. The Morgan fingerprint density at radius 3 is 2.55 bits per heavy atom. The van der Waals surface area contributed by atoms with Crippen LogP contribution in [0, 0.1) is 5.92 Å². The van der Waals surface area contributed by atoms with Crippen LogP contribution in [0.25, 0.3) is 0 Å². The maximum atomic E-state index is 12.9. The monoisotopic (exact) mass is 512 g/mol. The second-order valence-electron chi connectivity index (χ2n) is 8.24. The number of sulfonamides is 1. The van der Waals surface area contributed by atoms with Crippen LogP contribution in [0.5, 0.6) is 5.75 Å². The number of benzene rings is 2. The number of hydrogen-bond donors (Lipinski definition) is 1. The molecule has 1 amide bonds. The summed E-state index contributed by atoms with van der Waals surface area (Å²) >= 11 is 11.9. The third-order valence-corrected chi connectivity index (χ3v) is 8.17. The van der Waals surface area contributed by atoms with Crippen molar-refractivity contribution in [3.63, 3.8) is 0 Å². The summed E-state index contributed by atoms with van der Waals surface area (Å²) in [7, 11) is -3.57. The fraction of sp³-hybridized carbons (Fsp3) is 0.458. The van der Waals surface area contributed by atoms with E-state index in [4.69, 9.17) is 27.9 Å². The molecule has 1 saturated heterocycles. The molecule has 0 bridgehead atoms. The molecule has 180 valence electrons. The lowest BCUT2D eigenvalue weighted by Crippen LogP contribution is -2.46. The van der Waals surface area contributed by atoms with Crippen LogP contribution >= 0.6 is 23.2 Å². The molecule has 1 atom stereocenters. The van der Waals surface area contributed by atoms with Crippen molar-refractivity contribution in [2.45, 2.75) is 38.4 Å². The quantitative estimate of drug-likeness (QED) is 0.468. The van der Waals surface area contributed by atoms with Gasteiger partial charge in [-0.2, -0.15) is 0 Å². The maximum absolute atomic E-state index is 12.9. The number of carbonyl (C=O) groups is 1. The van der Waals surface area contributed by atoms with Crippen molar-refractivity contribution in [3.8, 4) is 5.75 Å². The van der Waals surface area contributed by atoms with Crippen LogP contribution in [0.1, 0.15) is 37.3 Å². The summed E-state index contributed by atoms with van der Waals surface area (Å²) < 4.78 is 32.9. The normalized spacial score (nSPS) is 17.0. The van der Waals surface area contributed by atoms with E-state index in [0.29, 0.717) is 48.1 Å². The Balaban J connectivity index is 1.46. The number of amides is 1. The zero-order chi connectivity index (χ0) is 23.8. The largest absolute Gasteiger partial charge is 0.492 e. The highest BCUT2D eigenvalue weighted by Crippen LogP contribution is 2.26. The molecule has 0 unspecified atom stereocenters. The highest BCUT2D eigenvalue weighted by molar-refractivity contribution is 7.88. The third-order valence-electron chi connectivity index (χ3n) is 5.61. The zero-order valence-electron chi connectivity index (χ0n) is 18.7. The third kappa shape index (κ3) is 7.60. The fourth-order valence-electron chi connectivity index (χ4n) is 3.87. The molecule has 3 rings (SSSR count). The van der Waals surface area contributed by atoms with Crippen LogP contribution in [0.2, 0.25) is 10.0 Å². The Kier molecular flexibility index (Phi) is 9.44. The molecule has 9 heteroatoms. The molecule has 0 radical (unpaired) electrons. The molecule has 1 aliphatic heterocycles. The average Bonchev–Trinajstić information content (AvgIpc) is 2.80. The van der Waals surface area contributed by atoms with E-state index in [-0.39, 0.29) is 24.1 Å². The lowest BCUT2D eigenvalue weighted by molar-refractivity contribution is -0.126. The summed E-state index contributed by atoms with van der Waals surface area (Å²) in [6, 6.07) is 12.8. The summed E-state index contributed by atoms with van der Waals surface area (Å²) in [6.45, 7) is 3.44. The van der Waals surface area contributed by atoms with Gasteiger partial charge in [-0.1, -0.05) is 54.7 Å². The van der Waals surface area contributed by atoms with E-state index in [1.54, 1.807) is 18.2 Å². The Labute approximate surface area is 206 Å². The van der Waals surface area contributed by atoms with Crippen LogP contribution in [0.3, 0.4) is 0 Å². The van der Waals surface area contributed by atoms with Crippen LogP contribution < -0.4 is 10.1 Å². The predicted molar refractivity (Wildman–Crippen MR) is 132 cm³/mol. The van der Waals surface area contributed by atoms with Gasteiger partial charge in [0.05, 0.1) is 28.3 Å². The molecule has 1 N–H and O–H groups in total. The lowest BCUT2D eigenvalue weighted by atomic mass is 9.99. The Hall–Kier alpha value is -1.80. The molecule has 33 heavy (non-hydrogen) atoms. The van der Waals surface area contributed by atoms with Gasteiger partial charge < -0.3 is 10.1 Å². The molecule has 0 spiro atoms. The van der Waals surface area contributed by atoms with Gasteiger partial charge in [-0.3, -0.25) is 4.79 Å². The molecule has 2 aromatic carbocycles. The maximum Gasteiger partial charge on any atom is 0.224 e. The Morgan fingerprint density at radius 2 is 1.85 bits per heavy atom. The molecule has 1 fully saturated rings. The highest BCUT2D eigenvalue weighted by atomic mass is 35.5. The van der Waals surface area contributed by atoms with Gasteiger partial charge in [-0.25, -0.2) is 12.7 Å². The predicted octanol–water partition coefficient (Wildman–Crippen LogP) is 4.68. The van der Waals surface area contributed by atoms with E-state index >= 15 is 0 Å². The number of halogens is 2. The summed E-state index contributed by atoms with van der Waals surface area (Å²) in [5, 5.41) is 3.57. The van der Waals surface area contributed by atoms with Crippen molar-refractivity contribution in [3.05, 3.63) is 63.6 Å². The fourth-order valence-corrected chi connectivity index (χ4v) is 5.79. The second kappa shape index (κ2) is 12.1. The first kappa shape index (κ1) is 25.8.